The van der Waals surface area contributed by atoms with Gasteiger partial charge in [0.15, 0.2) is 0 Å². The van der Waals surface area contributed by atoms with Gasteiger partial charge >= 0.3 is 6.03 Å². The van der Waals surface area contributed by atoms with Gasteiger partial charge in [0.1, 0.15) is 0 Å². The summed E-state index contributed by atoms with van der Waals surface area (Å²) in [6, 6.07) is 14.1. The maximum Gasteiger partial charge on any atom is 0.322 e. The van der Waals surface area contributed by atoms with Crippen LogP contribution in [0, 0.1) is 0 Å². The van der Waals surface area contributed by atoms with Crippen LogP contribution in [0.25, 0.3) is 0 Å². The van der Waals surface area contributed by atoms with Crippen molar-refractivity contribution in [1.82, 2.24) is 4.90 Å². The first kappa shape index (κ1) is 14.1. The highest BCUT2D eigenvalue weighted by atomic mass is 32.1. The van der Waals surface area contributed by atoms with Gasteiger partial charge in [-0.15, -0.1) is 11.3 Å². The van der Waals surface area contributed by atoms with Crippen LogP contribution in [-0.4, -0.2) is 17.5 Å². The highest BCUT2D eigenvalue weighted by molar-refractivity contribution is 7.10. The lowest BCUT2D eigenvalue weighted by Gasteiger charge is -2.29. The Labute approximate surface area is 129 Å². The number of nitrogens with one attached hydrogen (secondary N) is 1. The van der Waals surface area contributed by atoms with E-state index in [9.17, 15) is 4.79 Å². The summed E-state index contributed by atoms with van der Waals surface area (Å²) in [4.78, 5) is 15.9. The van der Waals surface area contributed by atoms with Crippen LogP contribution in [-0.2, 0) is 0 Å². The molecule has 4 heteroatoms. The molecule has 2 amide bonds. The van der Waals surface area contributed by atoms with Crippen LogP contribution in [0.15, 0.2) is 47.8 Å². The van der Waals surface area contributed by atoms with E-state index in [0.29, 0.717) is 0 Å². The molecular weight excluding hydrogens is 280 g/mol. The van der Waals surface area contributed by atoms with Gasteiger partial charge in [-0.25, -0.2) is 4.79 Å². The Morgan fingerprint density at radius 1 is 1.10 bits per heavy atom. The van der Waals surface area contributed by atoms with Crippen molar-refractivity contribution in [2.24, 2.45) is 0 Å². The maximum absolute atomic E-state index is 12.6. The molecule has 0 spiro atoms. The third-order valence-corrected chi connectivity index (χ3v) is 4.88. The third-order valence-electron chi connectivity index (χ3n) is 3.91. The largest absolute Gasteiger partial charge is 0.322 e. The highest BCUT2D eigenvalue weighted by Crippen LogP contribution is 2.33. The van der Waals surface area contributed by atoms with Gasteiger partial charge in [-0.3, -0.25) is 0 Å². The van der Waals surface area contributed by atoms with Crippen molar-refractivity contribution in [2.45, 2.75) is 31.7 Å². The Morgan fingerprint density at radius 3 is 2.71 bits per heavy atom. The fraction of sp³-hybridized carbons (Fsp3) is 0.353. The normalized spacial score (nSPS) is 19.0. The van der Waals surface area contributed by atoms with Gasteiger partial charge in [0, 0.05) is 17.1 Å². The molecule has 0 saturated carbocycles. The predicted octanol–water partition coefficient (Wildman–Crippen LogP) is 4.90. The predicted molar refractivity (Wildman–Crippen MR) is 87.7 cm³/mol. The van der Waals surface area contributed by atoms with Crippen LogP contribution in [0.1, 0.15) is 36.6 Å². The Balaban J connectivity index is 1.77. The van der Waals surface area contributed by atoms with Gasteiger partial charge in [-0.05, 0) is 36.4 Å². The Morgan fingerprint density at radius 2 is 1.95 bits per heavy atom. The molecule has 110 valence electrons. The second kappa shape index (κ2) is 6.76. The van der Waals surface area contributed by atoms with Gasteiger partial charge in [0.05, 0.1) is 6.04 Å². The summed E-state index contributed by atoms with van der Waals surface area (Å²) in [7, 11) is 0. The number of amides is 2. The van der Waals surface area contributed by atoms with E-state index in [1.165, 1.54) is 17.7 Å². The zero-order valence-electron chi connectivity index (χ0n) is 12.0. The molecule has 1 fully saturated rings. The summed E-state index contributed by atoms with van der Waals surface area (Å²) >= 11 is 1.74. The molecular formula is C17H20N2OS. The van der Waals surface area contributed by atoms with Gasteiger partial charge in [0.2, 0.25) is 0 Å². The lowest BCUT2D eigenvalue weighted by molar-refractivity contribution is 0.190. The van der Waals surface area contributed by atoms with Gasteiger partial charge in [-0.1, -0.05) is 37.1 Å². The standard InChI is InChI=1S/C17H20N2OS/c20-17(18-14-8-3-1-4-9-14)19-12-6-2-5-10-15(19)16-11-7-13-21-16/h1,3-4,7-9,11,13,15H,2,5-6,10,12H2,(H,18,20). The number of carbonyl (C=O) groups is 1. The maximum atomic E-state index is 12.6. The van der Waals surface area contributed by atoms with Crippen LogP contribution in [0.5, 0.6) is 0 Å². The first-order chi connectivity index (χ1) is 10.3. The van der Waals surface area contributed by atoms with Crippen LogP contribution in [0.2, 0.25) is 0 Å². The minimum Gasteiger partial charge on any atom is -0.317 e. The number of urea groups is 1. The van der Waals surface area contributed by atoms with E-state index in [1.54, 1.807) is 11.3 Å². The van der Waals surface area contributed by atoms with Crippen molar-refractivity contribution in [2.75, 3.05) is 11.9 Å². The minimum absolute atomic E-state index is 0.0153. The minimum atomic E-state index is 0.0153. The monoisotopic (exact) mass is 300 g/mol. The summed E-state index contributed by atoms with van der Waals surface area (Å²) in [6.45, 7) is 0.835. The van der Waals surface area contributed by atoms with Gasteiger partial charge in [0.25, 0.3) is 0 Å². The van der Waals surface area contributed by atoms with Crippen molar-refractivity contribution in [1.29, 1.82) is 0 Å². The van der Waals surface area contributed by atoms with E-state index >= 15 is 0 Å². The molecule has 0 radical (unpaired) electrons. The van der Waals surface area contributed by atoms with E-state index in [1.807, 2.05) is 35.2 Å². The highest BCUT2D eigenvalue weighted by Gasteiger charge is 2.27. The van der Waals surface area contributed by atoms with E-state index < -0.39 is 0 Å². The van der Waals surface area contributed by atoms with Crippen LogP contribution in [0.3, 0.4) is 0 Å². The summed E-state index contributed by atoms with van der Waals surface area (Å²) in [5, 5.41) is 5.11. The second-order valence-corrected chi connectivity index (χ2v) is 6.35. The number of likely N-dealkylation sites (tertiary alicyclic amines) is 1. The molecule has 1 atom stereocenters. The molecule has 1 aromatic carbocycles. The SMILES string of the molecule is O=C(Nc1ccccc1)N1CCCCCC1c1cccs1. The first-order valence-corrected chi connectivity index (χ1v) is 8.38. The number of carbonyl (C=O) groups excluding carboxylic acids is 1. The molecule has 1 unspecified atom stereocenters. The molecule has 1 aromatic heterocycles. The number of hydrogen-bond acceptors (Lipinski definition) is 2. The van der Waals surface area contributed by atoms with Crippen molar-refractivity contribution < 1.29 is 4.79 Å². The smallest absolute Gasteiger partial charge is 0.317 e. The van der Waals surface area contributed by atoms with Crippen molar-refractivity contribution >= 4 is 23.1 Å². The molecule has 2 heterocycles. The summed E-state index contributed by atoms with van der Waals surface area (Å²) in [5.74, 6) is 0. The fourth-order valence-corrected chi connectivity index (χ4v) is 3.72. The Hall–Kier alpha value is -1.81. The number of rotatable bonds is 2. The number of hydrogen-bond donors (Lipinski definition) is 1. The lowest BCUT2D eigenvalue weighted by Crippen LogP contribution is -2.37. The Bertz CT molecular complexity index is 568. The van der Waals surface area contributed by atoms with Crippen LogP contribution < -0.4 is 5.32 Å². The van der Waals surface area contributed by atoms with Crippen LogP contribution >= 0.6 is 11.3 Å². The molecule has 21 heavy (non-hydrogen) atoms. The number of thiophene rings is 1. The second-order valence-electron chi connectivity index (χ2n) is 5.37. The van der Waals surface area contributed by atoms with Crippen molar-refractivity contribution in [3.05, 3.63) is 52.7 Å². The van der Waals surface area contributed by atoms with Crippen molar-refractivity contribution in [3.8, 4) is 0 Å². The zero-order chi connectivity index (χ0) is 14.5. The third kappa shape index (κ3) is 3.45. The molecule has 3 nitrogen and oxygen atoms in total. The van der Waals surface area contributed by atoms with Crippen LogP contribution in [0.4, 0.5) is 10.5 Å². The number of nitrogens with zero attached hydrogens (tertiary/aromatic N) is 1. The fourth-order valence-electron chi connectivity index (χ4n) is 2.84. The Kier molecular flexibility index (Phi) is 4.55. The van der Waals surface area contributed by atoms with Gasteiger partial charge in [-0.2, -0.15) is 0 Å². The number of anilines is 1. The molecule has 1 aliphatic heterocycles. The number of benzene rings is 1. The van der Waals surface area contributed by atoms with E-state index in [-0.39, 0.29) is 12.1 Å². The summed E-state index contributed by atoms with van der Waals surface area (Å²) in [5.41, 5.74) is 0.858. The van der Waals surface area contributed by atoms with Gasteiger partial charge < -0.3 is 10.2 Å². The summed E-state index contributed by atoms with van der Waals surface area (Å²) in [6.07, 6.45) is 4.54. The molecule has 0 aliphatic carbocycles. The zero-order valence-corrected chi connectivity index (χ0v) is 12.8. The lowest BCUT2D eigenvalue weighted by atomic mass is 10.1. The first-order valence-electron chi connectivity index (χ1n) is 7.50. The average Bonchev–Trinajstić information content (AvgIpc) is 2.92. The molecule has 2 aromatic rings. The molecule has 1 N–H and O–H groups in total. The molecule has 1 aliphatic rings. The van der Waals surface area contributed by atoms with E-state index in [2.05, 4.69) is 22.8 Å². The van der Waals surface area contributed by atoms with E-state index in [0.717, 1.165) is 25.1 Å². The van der Waals surface area contributed by atoms with E-state index in [4.69, 9.17) is 0 Å². The molecule has 0 bridgehead atoms. The van der Waals surface area contributed by atoms with Crippen molar-refractivity contribution in [3.63, 3.8) is 0 Å². The average molecular weight is 300 g/mol. The summed E-state index contributed by atoms with van der Waals surface area (Å²) < 4.78 is 0. The topological polar surface area (TPSA) is 32.3 Å². The quantitative estimate of drug-likeness (QED) is 0.840. The number of para-hydroxylation sites is 1. The molecule has 3 rings (SSSR count). The molecule has 1 saturated heterocycles.